The molecule has 120 valence electrons. The molecule has 0 saturated heterocycles. The highest BCUT2D eigenvalue weighted by Crippen LogP contribution is 2.28. The average Bonchev–Trinajstić information content (AvgIpc) is 2.54. The Balaban J connectivity index is 1.80. The lowest BCUT2D eigenvalue weighted by molar-refractivity contribution is 0.235. The molecule has 2 aromatic carbocycles. The zero-order valence-corrected chi connectivity index (χ0v) is 13.5. The summed E-state index contributed by atoms with van der Waals surface area (Å²) in [6.45, 7) is 4.56. The number of aryl methyl sites for hydroxylation is 1. The third-order valence-electron chi connectivity index (χ3n) is 4.34. The minimum atomic E-state index is -0.572. The van der Waals surface area contributed by atoms with Crippen molar-refractivity contribution in [2.45, 2.75) is 32.2 Å². The molecule has 23 heavy (non-hydrogen) atoms. The minimum absolute atomic E-state index is 0.119. The number of carbonyl (C=O) groups excluding carboxylic acids is 1. The summed E-state index contributed by atoms with van der Waals surface area (Å²) in [7, 11) is 0. The molecule has 0 radical (unpaired) electrons. The van der Waals surface area contributed by atoms with E-state index in [1.54, 1.807) is 17.0 Å². The minimum Gasteiger partial charge on any atom is -0.329 e. The summed E-state index contributed by atoms with van der Waals surface area (Å²) in [5.41, 5.74) is 2.48. The molecule has 1 N–H and O–H groups in total. The first-order valence-electron chi connectivity index (χ1n) is 7.91. The van der Waals surface area contributed by atoms with E-state index in [-0.39, 0.29) is 11.8 Å². The van der Waals surface area contributed by atoms with Gasteiger partial charge < -0.3 is 5.32 Å². The Kier molecular flexibility index (Phi) is 4.07. The maximum absolute atomic E-state index is 13.1. The number of hydrogen-bond acceptors (Lipinski definition) is 1. The fourth-order valence-corrected chi connectivity index (χ4v) is 3.02. The number of benzene rings is 2. The summed E-state index contributed by atoms with van der Waals surface area (Å²) in [5, 5.41) is 3.07. The first-order valence-corrected chi connectivity index (χ1v) is 7.91. The molecule has 0 bridgehead atoms. The normalized spacial score (nSPS) is 14.3. The molecule has 3 nitrogen and oxygen atoms in total. The van der Waals surface area contributed by atoms with E-state index in [0.29, 0.717) is 6.54 Å². The van der Waals surface area contributed by atoms with Gasteiger partial charge in [-0.15, -0.1) is 0 Å². The SMILES string of the molecule is CC(C)(NC(=O)N1CCCc2ccccc21)c1ccc(F)cc1. The molecular formula is C19H21FN2O. The molecule has 1 aliphatic rings. The van der Waals surface area contributed by atoms with Crippen LogP contribution in [0, 0.1) is 5.82 Å². The van der Waals surface area contributed by atoms with Crippen molar-refractivity contribution in [1.29, 1.82) is 0 Å². The Morgan fingerprint density at radius 1 is 1.13 bits per heavy atom. The number of rotatable bonds is 2. The number of carbonyl (C=O) groups is 1. The number of fused-ring (bicyclic) bond motifs is 1. The van der Waals surface area contributed by atoms with Crippen LogP contribution in [0.15, 0.2) is 48.5 Å². The van der Waals surface area contributed by atoms with E-state index in [4.69, 9.17) is 0 Å². The van der Waals surface area contributed by atoms with Crippen LogP contribution in [0.1, 0.15) is 31.4 Å². The van der Waals surface area contributed by atoms with E-state index in [1.807, 2.05) is 32.0 Å². The van der Waals surface area contributed by atoms with Crippen LogP contribution in [-0.4, -0.2) is 12.6 Å². The predicted molar refractivity (Wildman–Crippen MR) is 90.1 cm³/mol. The number of amides is 2. The van der Waals surface area contributed by atoms with E-state index in [1.165, 1.54) is 17.7 Å². The fourth-order valence-electron chi connectivity index (χ4n) is 3.02. The van der Waals surface area contributed by atoms with Crippen molar-refractivity contribution in [2.75, 3.05) is 11.4 Å². The van der Waals surface area contributed by atoms with Crippen LogP contribution in [-0.2, 0) is 12.0 Å². The molecule has 0 atom stereocenters. The van der Waals surface area contributed by atoms with Crippen LogP contribution < -0.4 is 10.2 Å². The highest BCUT2D eigenvalue weighted by atomic mass is 19.1. The van der Waals surface area contributed by atoms with Gasteiger partial charge in [-0.3, -0.25) is 4.90 Å². The largest absolute Gasteiger partial charge is 0.329 e. The summed E-state index contributed by atoms with van der Waals surface area (Å²) in [6, 6.07) is 14.1. The number of anilines is 1. The molecule has 0 unspecified atom stereocenters. The van der Waals surface area contributed by atoms with Crippen LogP contribution >= 0.6 is 0 Å². The van der Waals surface area contributed by atoms with E-state index in [2.05, 4.69) is 11.4 Å². The van der Waals surface area contributed by atoms with E-state index in [0.717, 1.165) is 24.1 Å². The Hall–Kier alpha value is -2.36. The van der Waals surface area contributed by atoms with Crippen molar-refractivity contribution >= 4 is 11.7 Å². The van der Waals surface area contributed by atoms with E-state index < -0.39 is 5.54 Å². The zero-order chi connectivity index (χ0) is 16.4. The molecular weight excluding hydrogens is 291 g/mol. The quantitative estimate of drug-likeness (QED) is 0.884. The molecule has 0 aromatic heterocycles. The summed E-state index contributed by atoms with van der Waals surface area (Å²) < 4.78 is 13.1. The molecule has 0 aliphatic carbocycles. The van der Waals surface area contributed by atoms with Gasteiger partial charge in [-0.25, -0.2) is 9.18 Å². The van der Waals surface area contributed by atoms with Gasteiger partial charge >= 0.3 is 6.03 Å². The Morgan fingerprint density at radius 2 is 1.83 bits per heavy atom. The molecule has 1 aliphatic heterocycles. The van der Waals surface area contributed by atoms with Crippen LogP contribution in [0.5, 0.6) is 0 Å². The van der Waals surface area contributed by atoms with Gasteiger partial charge in [-0.2, -0.15) is 0 Å². The van der Waals surface area contributed by atoms with E-state index >= 15 is 0 Å². The van der Waals surface area contributed by atoms with Gasteiger partial charge in [0.2, 0.25) is 0 Å². The molecule has 4 heteroatoms. The predicted octanol–water partition coefficient (Wildman–Crippen LogP) is 4.22. The molecule has 0 saturated carbocycles. The first kappa shape index (κ1) is 15.5. The maximum atomic E-state index is 13.1. The monoisotopic (exact) mass is 312 g/mol. The number of urea groups is 1. The van der Waals surface area contributed by atoms with Gasteiger partial charge in [0.1, 0.15) is 5.82 Å². The molecule has 2 aromatic rings. The van der Waals surface area contributed by atoms with Crippen molar-refractivity contribution in [1.82, 2.24) is 5.32 Å². The molecule has 2 amide bonds. The lowest BCUT2D eigenvalue weighted by Gasteiger charge is -2.34. The second-order valence-corrected chi connectivity index (χ2v) is 6.45. The van der Waals surface area contributed by atoms with Gasteiger partial charge in [-0.05, 0) is 56.0 Å². The second kappa shape index (κ2) is 6.03. The standard InChI is InChI=1S/C19H21FN2O/c1-19(2,15-9-11-16(20)12-10-15)21-18(23)22-13-5-7-14-6-3-4-8-17(14)22/h3-4,6,8-12H,5,7,13H2,1-2H3,(H,21,23). The van der Waals surface area contributed by atoms with Crippen LogP contribution in [0.25, 0.3) is 0 Å². The van der Waals surface area contributed by atoms with Crippen molar-refractivity contribution in [2.24, 2.45) is 0 Å². The van der Waals surface area contributed by atoms with Crippen molar-refractivity contribution in [3.05, 3.63) is 65.5 Å². The third-order valence-corrected chi connectivity index (χ3v) is 4.34. The average molecular weight is 312 g/mol. The van der Waals surface area contributed by atoms with Gasteiger partial charge in [-0.1, -0.05) is 30.3 Å². The van der Waals surface area contributed by atoms with Gasteiger partial charge in [0.15, 0.2) is 0 Å². The van der Waals surface area contributed by atoms with Crippen molar-refractivity contribution in [3.63, 3.8) is 0 Å². The third kappa shape index (κ3) is 3.21. The Bertz CT molecular complexity index is 710. The summed E-state index contributed by atoms with van der Waals surface area (Å²) in [4.78, 5) is 14.6. The Labute approximate surface area is 136 Å². The van der Waals surface area contributed by atoms with Crippen LogP contribution in [0.4, 0.5) is 14.9 Å². The number of hydrogen-bond donors (Lipinski definition) is 1. The second-order valence-electron chi connectivity index (χ2n) is 6.45. The van der Waals surface area contributed by atoms with E-state index in [9.17, 15) is 9.18 Å². The van der Waals surface area contributed by atoms with Gasteiger partial charge in [0.25, 0.3) is 0 Å². The summed E-state index contributed by atoms with van der Waals surface area (Å²) in [5.74, 6) is -0.277. The lowest BCUT2D eigenvalue weighted by Crippen LogP contribution is -2.50. The first-order chi connectivity index (χ1) is 11.0. The summed E-state index contributed by atoms with van der Waals surface area (Å²) in [6.07, 6.45) is 1.96. The fraction of sp³-hybridized carbons (Fsp3) is 0.316. The maximum Gasteiger partial charge on any atom is 0.322 e. The zero-order valence-electron chi connectivity index (χ0n) is 13.5. The molecule has 3 rings (SSSR count). The highest BCUT2D eigenvalue weighted by Gasteiger charge is 2.28. The van der Waals surface area contributed by atoms with Gasteiger partial charge in [0.05, 0.1) is 5.54 Å². The molecule has 1 heterocycles. The number of halogens is 1. The topological polar surface area (TPSA) is 32.3 Å². The number of nitrogens with one attached hydrogen (secondary N) is 1. The molecule has 0 fully saturated rings. The number of nitrogens with zero attached hydrogens (tertiary/aromatic N) is 1. The van der Waals surface area contributed by atoms with Crippen LogP contribution in [0.2, 0.25) is 0 Å². The Morgan fingerprint density at radius 3 is 2.57 bits per heavy atom. The van der Waals surface area contributed by atoms with Crippen molar-refractivity contribution in [3.8, 4) is 0 Å². The van der Waals surface area contributed by atoms with Gasteiger partial charge in [0, 0.05) is 12.2 Å². The smallest absolute Gasteiger partial charge is 0.322 e. The highest BCUT2D eigenvalue weighted by molar-refractivity contribution is 5.93. The van der Waals surface area contributed by atoms with Crippen LogP contribution in [0.3, 0.4) is 0 Å². The number of para-hydroxylation sites is 1. The van der Waals surface area contributed by atoms with Crippen molar-refractivity contribution < 1.29 is 9.18 Å². The molecule has 0 spiro atoms. The lowest BCUT2D eigenvalue weighted by atomic mass is 9.94. The summed E-state index contributed by atoms with van der Waals surface area (Å²) >= 11 is 0.